The largest absolute Gasteiger partial charge is 0.381 e. The number of nitrogens with zero attached hydrogens (tertiary/aromatic N) is 4. The lowest BCUT2D eigenvalue weighted by atomic mass is 9.81. The number of aromatic nitrogens is 2. The van der Waals surface area contributed by atoms with Crippen molar-refractivity contribution < 1.29 is 9.53 Å². The highest BCUT2D eigenvalue weighted by Crippen LogP contribution is 2.40. The zero-order chi connectivity index (χ0) is 24.6. The Morgan fingerprint density at radius 3 is 2.50 bits per heavy atom. The van der Waals surface area contributed by atoms with Crippen LogP contribution in [0.1, 0.15) is 89.2 Å². The van der Waals surface area contributed by atoms with Crippen LogP contribution in [0.3, 0.4) is 0 Å². The Morgan fingerprint density at radius 1 is 1.08 bits per heavy atom. The third-order valence-electron chi connectivity index (χ3n) is 9.05. The maximum absolute atomic E-state index is 13.1. The van der Waals surface area contributed by atoms with Crippen LogP contribution < -0.4 is 21.1 Å². The number of piperidine rings is 2. The fourth-order valence-electron chi connectivity index (χ4n) is 6.79. The number of hydrazine groups is 1. The first kappa shape index (κ1) is 24.4. The third kappa shape index (κ3) is 5.34. The average molecular weight is 498 g/mol. The van der Waals surface area contributed by atoms with Gasteiger partial charge in [-0.05, 0) is 77.0 Å². The summed E-state index contributed by atoms with van der Waals surface area (Å²) >= 11 is 0. The molecule has 5 aliphatic rings. The molecule has 5 heterocycles. The van der Waals surface area contributed by atoms with Crippen LogP contribution in [0.4, 0.5) is 11.8 Å². The highest BCUT2D eigenvalue weighted by atomic mass is 16.5. The quantitative estimate of drug-likeness (QED) is 0.529. The van der Waals surface area contributed by atoms with Gasteiger partial charge >= 0.3 is 0 Å². The van der Waals surface area contributed by atoms with Crippen molar-refractivity contribution in [3.63, 3.8) is 0 Å². The second-order valence-electron chi connectivity index (χ2n) is 11.9. The van der Waals surface area contributed by atoms with Gasteiger partial charge in [-0.3, -0.25) is 10.2 Å². The van der Waals surface area contributed by atoms with E-state index in [1.165, 1.54) is 19.3 Å². The standard InChI is InChI=1S/C27H43N7O2/c1-17-12-25(32-31-17)29-24-16-23(19-8-10-36-11-9-19)28-27(30-24)33(2)22-14-20-4-3-5-21(15-22)34(20)26(35)13-18-6-7-18/h16-22,25,31-32H,3-15H2,1-2H3,(H,28,29,30)/t17?,20-,21+,22?,25?. The van der Waals surface area contributed by atoms with E-state index in [2.05, 4.69) is 46.0 Å². The number of nitrogens with one attached hydrogen (secondary N) is 3. The lowest BCUT2D eigenvalue weighted by Gasteiger charge is -2.50. The Morgan fingerprint density at radius 2 is 1.83 bits per heavy atom. The molecule has 0 radical (unpaired) electrons. The van der Waals surface area contributed by atoms with Gasteiger partial charge in [0.25, 0.3) is 0 Å². The Labute approximate surface area is 215 Å². The molecule has 5 fully saturated rings. The topological polar surface area (TPSA) is 94.7 Å². The summed E-state index contributed by atoms with van der Waals surface area (Å²) in [6, 6.07) is 3.65. The summed E-state index contributed by atoms with van der Waals surface area (Å²) in [6.45, 7) is 3.77. The molecule has 9 nitrogen and oxygen atoms in total. The van der Waals surface area contributed by atoms with Crippen molar-refractivity contribution in [1.29, 1.82) is 0 Å². The molecule has 1 aromatic rings. The molecule has 1 aliphatic carbocycles. The van der Waals surface area contributed by atoms with Gasteiger partial charge in [-0.2, -0.15) is 4.98 Å². The van der Waals surface area contributed by atoms with E-state index in [0.717, 1.165) is 82.0 Å². The zero-order valence-electron chi connectivity index (χ0n) is 21.9. The van der Waals surface area contributed by atoms with E-state index in [9.17, 15) is 4.79 Å². The van der Waals surface area contributed by atoms with E-state index >= 15 is 0 Å². The summed E-state index contributed by atoms with van der Waals surface area (Å²) in [5.74, 6) is 3.16. The van der Waals surface area contributed by atoms with Crippen molar-refractivity contribution in [3.05, 3.63) is 11.8 Å². The van der Waals surface area contributed by atoms with E-state index in [0.29, 0.717) is 41.9 Å². The molecular formula is C27H43N7O2. The fourth-order valence-corrected chi connectivity index (χ4v) is 6.79. The van der Waals surface area contributed by atoms with Crippen molar-refractivity contribution in [2.75, 3.05) is 30.5 Å². The van der Waals surface area contributed by atoms with Crippen LogP contribution in [0.5, 0.6) is 0 Å². The molecule has 6 rings (SSSR count). The summed E-state index contributed by atoms with van der Waals surface area (Å²) in [7, 11) is 2.16. The lowest BCUT2D eigenvalue weighted by molar-refractivity contribution is -0.141. The second kappa shape index (κ2) is 10.4. The smallest absolute Gasteiger partial charge is 0.227 e. The molecule has 1 amide bonds. The Bertz CT molecular complexity index is 921. The maximum atomic E-state index is 13.1. The Hall–Kier alpha value is -1.97. The molecule has 0 aromatic carbocycles. The molecule has 4 aliphatic heterocycles. The monoisotopic (exact) mass is 497 g/mol. The van der Waals surface area contributed by atoms with E-state index < -0.39 is 0 Å². The SMILES string of the molecule is CC1CC(Nc2cc(C3CCOCC3)nc(N(C)C3C[C@H]4CCC[C@@H](C3)N4C(=O)CC3CC3)n2)NN1. The molecule has 1 aromatic heterocycles. The summed E-state index contributed by atoms with van der Waals surface area (Å²) < 4.78 is 5.62. The molecule has 198 valence electrons. The van der Waals surface area contributed by atoms with Gasteiger partial charge in [0, 0.05) is 62.8 Å². The summed E-state index contributed by atoms with van der Waals surface area (Å²) in [4.78, 5) is 27.9. The van der Waals surface area contributed by atoms with Crippen molar-refractivity contribution in [3.8, 4) is 0 Å². The van der Waals surface area contributed by atoms with E-state index in [4.69, 9.17) is 14.7 Å². The predicted molar refractivity (Wildman–Crippen MR) is 140 cm³/mol. The number of anilines is 2. The maximum Gasteiger partial charge on any atom is 0.227 e. The number of hydrogen-bond donors (Lipinski definition) is 3. The van der Waals surface area contributed by atoms with E-state index in [1.807, 2.05) is 0 Å². The third-order valence-corrected chi connectivity index (χ3v) is 9.05. The minimum Gasteiger partial charge on any atom is -0.381 e. The number of carbonyl (C=O) groups excluding carboxylic acids is 1. The number of fused-ring (bicyclic) bond motifs is 2. The van der Waals surface area contributed by atoms with Crippen molar-refractivity contribution in [2.45, 2.75) is 114 Å². The summed E-state index contributed by atoms with van der Waals surface area (Å²) in [6.07, 6.45) is 11.9. The Balaban J connectivity index is 1.21. The minimum absolute atomic E-state index is 0.149. The molecule has 36 heavy (non-hydrogen) atoms. The first-order valence-corrected chi connectivity index (χ1v) is 14.3. The molecule has 3 N–H and O–H groups in total. The predicted octanol–water partition coefficient (Wildman–Crippen LogP) is 3.14. The van der Waals surface area contributed by atoms with Gasteiger partial charge in [0.2, 0.25) is 11.9 Å². The van der Waals surface area contributed by atoms with Gasteiger partial charge in [0.1, 0.15) is 5.82 Å². The van der Waals surface area contributed by atoms with Gasteiger partial charge < -0.3 is 19.9 Å². The van der Waals surface area contributed by atoms with Crippen LogP contribution in [0, 0.1) is 5.92 Å². The van der Waals surface area contributed by atoms with Crippen LogP contribution >= 0.6 is 0 Å². The Kier molecular flexibility index (Phi) is 7.05. The molecular weight excluding hydrogens is 454 g/mol. The van der Waals surface area contributed by atoms with Crippen molar-refractivity contribution in [1.82, 2.24) is 25.7 Å². The van der Waals surface area contributed by atoms with E-state index in [1.54, 1.807) is 0 Å². The van der Waals surface area contributed by atoms with Crippen LogP contribution in [0.25, 0.3) is 0 Å². The van der Waals surface area contributed by atoms with Crippen LogP contribution in [0.15, 0.2) is 6.07 Å². The zero-order valence-corrected chi connectivity index (χ0v) is 21.9. The molecule has 9 heteroatoms. The van der Waals surface area contributed by atoms with Gasteiger partial charge in [-0.25, -0.2) is 10.4 Å². The summed E-state index contributed by atoms with van der Waals surface area (Å²) in [5.41, 5.74) is 7.75. The number of hydrogen-bond acceptors (Lipinski definition) is 8. The lowest BCUT2D eigenvalue weighted by Crippen LogP contribution is -2.58. The fraction of sp³-hybridized carbons (Fsp3) is 0.815. The van der Waals surface area contributed by atoms with Gasteiger partial charge in [0.15, 0.2) is 0 Å². The molecule has 2 bridgehead atoms. The molecule has 4 saturated heterocycles. The number of carbonyl (C=O) groups is 1. The number of ether oxygens (including phenoxy) is 1. The van der Waals surface area contributed by atoms with Crippen LogP contribution in [0.2, 0.25) is 0 Å². The van der Waals surface area contributed by atoms with Gasteiger partial charge in [-0.15, -0.1) is 0 Å². The highest BCUT2D eigenvalue weighted by Gasteiger charge is 2.43. The van der Waals surface area contributed by atoms with Crippen LogP contribution in [-0.2, 0) is 9.53 Å². The number of amides is 1. The molecule has 1 saturated carbocycles. The van der Waals surface area contributed by atoms with Crippen LogP contribution in [-0.4, -0.2) is 71.4 Å². The average Bonchev–Trinajstić information content (AvgIpc) is 3.61. The molecule has 3 unspecified atom stereocenters. The van der Waals surface area contributed by atoms with Crippen molar-refractivity contribution >= 4 is 17.7 Å². The minimum atomic E-state index is 0.149. The number of rotatable bonds is 7. The highest BCUT2D eigenvalue weighted by molar-refractivity contribution is 5.77. The van der Waals surface area contributed by atoms with Crippen molar-refractivity contribution in [2.24, 2.45) is 5.92 Å². The normalized spacial score (nSPS) is 32.9. The second-order valence-corrected chi connectivity index (χ2v) is 11.9. The van der Waals surface area contributed by atoms with Gasteiger partial charge in [0.05, 0.1) is 11.9 Å². The first-order chi connectivity index (χ1) is 17.5. The molecule has 0 spiro atoms. The molecule has 5 atom stereocenters. The summed E-state index contributed by atoms with van der Waals surface area (Å²) in [5, 5.41) is 3.60. The van der Waals surface area contributed by atoms with E-state index in [-0.39, 0.29) is 6.17 Å². The van der Waals surface area contributed by atoms with Gasteiger partial charge in [-0.1, -0.05) is 0 Å². The first-order valence-electron chi connectivity index (χ1n) is 14.3.